The highest BCUT2D eigenvalue weighted by molar-refractivity contribution is 6.18. The first-order valence-corrected chi connectivity index (χ1v) is 5.16. The topological polar surface area (TPSA) is 29.5 Å². The van der Waals surface area contributed by atoms with Crippen molar-refractivity contribution in [3.8, 4) is 0 Å². The third-order valence-electron chi connectivity index (χ3n) is 2.08. The highest BCUT2D eigenvalue weighted by atomic mass is 35.5. The molecular weight excluding hydrogens is 190 g/mol. The molecule has 0 radical (unpaired) electrons. The first kappa shape index (κ1) is 10.8. The smallest absolute Gasteiger partial charge is 0.223 e. The molecule has 1 amide bonds. The van der Waals surface area contributed by atoms with E-state index in [1.807, 2.05) is 18.7 Å². The molecule has 0 N–H and O–H groups in total. The van der Waals surface area contributed by atoms with Gasteiger partial charge in [-0.1, -0.05) is 0 Å². The van der Waals surface area contributed by atoms with Crippen LogP contribution in [0.4, 0.5) is 0 Å². The highest BCUT2D eigenvalue weighted by Gasteiger charge is 2.24. The first-order valence-electron chi connectivity index (χ1n) is 4.62. The monoisotopic (exact) mass is 205 g/mol. The SMILES string of the molecule is C[C@@H]1CN(C(=O)CCCl)C[C@H](C)O1. The van der Waals surface area contributed by atoms with Crippen molar-refractivity contribution in [1.29, 1.82) is 0 Å². The van der Waals surface area contributed by atoms with Crippen LogP contribution < -0.4 is 0 Å². The van der Waals surface area contributed by atoms with E-state index in [1.54, 1.807) is 0 Å². The number of amides is 1. The lowest BCUT2D eigenvalue weighted by atomic mass is 10.2. The lowest BCUT2D eigenvalue weighted by Crippen LogP contribution is -2.48. The normalized spacial score (nSPS) is 29.0. The summed E-state index contributed by atoms with van der Waals surface area (Å²) in [5.74, 6) is 0.538. The van der Waals surface area contributed by atoms with Gasteiger partial charge in [-0.15, -0.1) is 11.6 Å². The molecule has 0 aliphatic carbocycles. The molecule has 0 aromatic carbocycles. The summed E-state index contributed by atoms with van der Waals surface area (Å²) in [4.78, 5) is 13.3. The van der Waals surface area contributed by atoms with Crippen LogP contribution in [0.3, 0.4) is 0 Å². The summed E-state index contributed by atoms with van der Waals surface area (Å²) >= 11 is 5.51. The molecule has 0 saturated carbocycles. The Hall–Kier alpha value is -0.280. The zero-order valence-corrected chi connectivity index (χ0v) is 8.88. The molecule has 1 aliphatic rings. The van der Waals surface area contributed by atoms with Gasteiger partial charge in [-0.05, 0) is 13.8 Å². The van der Waals surface area contributed by atoms with Crippen LogP contribution in [0, 0.1) is 0 Å². The summed E-state index contributed by atoms with van der Waals surface area (Å²) in [6.07, 6.45) is 0.715. The molecule has 0 spiro atoms. The standard InChI is InChI=1S/C9H16ClNO2/c1-7-5-11(6-8(2)13-7)9(12)3-4-10/h7-8H,3-6H2,1-2H3/t7-,8+. The summed E-state index contributed by atoms with van der Waals surface area (Å²) in [6, 6.07) is 0. The molecule has 1 rings (SSSR count). The number of nitrogens with zero attached hydrogens (tertiary/aromatic N) is 1. The average molecular weight is 206 g/mol. The second-order valence-corrected chi connectivity index (χ2v) is 3.87. The van der Waals surface area contributed by atoms with Crippen molar-refractivity contribution in [1.82, 2.24) is 4.90 Å². The van der Waals surface area contributed by atoms with Gasteiger partial charge in [0.15, 0.2) is 0 Å². The number of hydrogen-bond donors (Lipinski definition) is 0. The quantitative estimate of drug-likeness (QED) is 0.636. The van der Waals surface area contributed by atoms with Gasteiger partial charge < -0.3 is 9.64 Å². The van der Waals surface area contributed by atoms with Crippen molar-refractivity contribution in [2.45, 2.75) is 32.5 Å². The van der Waals surface area contributed by atoms with Crippen molar-refractivity contribution >= 4 is 17.5 Å². The van der Waals surface area contributed by atoms with Gasteiger partial charge in [0, 0.05) is 25.4 Å². The van der Waals surface area contributed by atoms with E-state index in [2.05, 4.69) is 0 Å². The van der Waals surface area contributed by atoms with Crippen LogP contribution >= 0.6 is 11.6 Å². The zero-order valence-electron chi connectivity index (χ0n) is 8.12. The molecule has 0 bridgehead atoms. The number of hydrogen-bond acceptors (Lipinski definition) is 2. The summed E-state index contributed by atoms with van der Waals surface area (Å²) < 4.78 is 5.52. The van der Waals surface area contributed by atoms with Crippen LogP contribution in [0.25, 0.3) is 0 Å². The first-order chi connectivity index (χ1) is 6.13. The van der Waals surface area contributed by atoms with E-state index in [1.165, 1.54) is 0 Å². The molecule has 0 aromatic heterocycles. The fraction of sp³-hybridized carbons (Fsp3) is 0.889. The number of alkyl halides is 1. The van der Waals surface area contributed by atoms with Gasteiger partial charge in [-0.3, -0.25) is 4.79 Å². The number of halogens is 1. The minimum absolute atomic E-state index is 0.136. The van der Waals surface area contributed by atoms with E-state index in [0.717, 1.165) is 0 Å². The summed E-state index contributed by atoms with van der Waals surface area (Å²) in [5.41, 5.74) is 0. The van der Waals surface area contributed by atoms with Crippen LogP contribution in [-0.2, 0) is 9.53 Å². The molecule has 13 heavy (non-hydrogen) atoms. The van der Waals surface area contributed by atoms with E-state index in [4.69, 9.17) is 16.3 Å². The van der Waals surface area contributed by atoms with Gasteiger partial charge in [0.05, 0.1) is 12.2 Å². The third kappa shape index (κ3) is 3.16. The Balaban J connectivity index is 2.45. The van der Waals surface area contributed by atoms with Crippen LogP contribution in [0.1, 0.15) is 20.3 Å². The Kier molecular flexibility index (Phi) is 4.00. The van der Waals surface area contributed by atoms with Gasteiger partial charge in [0.1, 0.15) is 0 Å². The van der Waals surface area contributed by atoms with Crippen molar-refractivity contribution in [3.63, 3.8) is 0 Å². The molecule has 1 aliphatic heterocycles. The lowest BCUT2D eigenvalue weighted by Gasteiger charge is -2.35. The molecule has 1 heterocycles. The summed E-state index contributed by atoms with van der Waals surface area (Å²) in [5, 5.41) is 0. The number of morpholine rings is 1. The molecule has 2 atom stereocenters. The molecule has 0 aromatic rings. The van der Waals surface area contributed by atoms with E-state index in [9.17, 15) is 4.79 Å². The van der Waals surface area contributed by atoms with Gasteiger partial charge in [0.25, 0.3) is 0 Å². The van der Waals surface area contributed by atoms with Gasteiger partial charge in [-0.25, -0.2) is 0 Å². The van der Waals surface area contributed by atoms with Gasteiger partial charge in [0.2, 0.25) is 5.91 Å². The van der Waals surface area contributed by atoms with Gasteiger partial charge in [-0.2, -0.15) is 0 Å². The molecule has 4 heteroatoms. The fourth-order valence-corrected chi connectivity index (χ4v) is 1.78. The molecule has 1 saturated heterocycles. The van der Waals surface area contributed by atoms with Gasteiger partial charge >= 0.3 is 0 Å². The Bertz CT molecular complexity index is 176. The Morgan fingerprint density at radius 3 is 2.46 bits per heavy atom. The van der Waals surface area contributed by atoms with E-state index >= 15 is 0 Å². The van der Waals surface area contributed by atoms with Crippen molar-refractivity contribution in [2.24, 2.45) is 0 Å². The Morgan fingerprint density at radius 2 is 2.00 bits per heavy atom. The average Bonchev–Trinajstić information content (AvgIpc) is 2.03. The highest BCUT2D eigenvalue weighted by Crippen LogP contribution is 2.11. The second kappa shape index (κ2) is 4.82. The van der Waals surface area contributed by atoms with Crippen LogP contribution in [0.15, 0.2) is 0 Å². The van der Waals surface area contributed by atoms with Crippen molar-refractivity contribution in [2.75, 3.05) is 19.0 Å². The number of ether oxygens (including phenoxy) is 1. The summed E-state index contributed by atoms with van der Waals surface area (Å²) in [7, 11) is 0. The molecule has 1 fully saturated rings. The molecule has 0 unspecified atom stereocenters. The maximum Gasteiger partial charge on any atom is 0.223 e. The third-order valence-corrected chi connectivity index (χ3v) is 2.27. The fourth-order valence-electron chi connectivity index (χ4n) is 1.62. The number of rotatable bonds is 2. The minimum Gasteiger partial charge on any atom is -0.372 e. The maximum absolute atomic E-state index is 11.5. The van der Waals surface area contributed by atoms with E-state index in [0.29, 0.717) is 25.4 Å². The zero-order chi connectivity index (χ0) is 9.84. The lowest BCUT2D eigenvalue weighted by molar-refractivity contribution is -0.142. The van der Waals surface area contributed by atoms with Crippen LogP contribution in [0.5, 0.6) is 0 Å². The Morgan fingerprint density at radius 1 is 1.46 bits per heavy atom. The summed E-state index contributed by atoms with van der Waals surface area (Å²) in [6.45, 7) is 5.35. The molecular formula is C9H16ClNO2. The molecule has 3 nitrogen and oxygen atoms in total. The largest absolute Gasteiger partial charge is 0.372 e. The number of carbonyl (C=O) groups excluding carboxylic acids is 1. The van der Waals surface area contributed by atoms with Crippen LogP contribution in [-0.4, -0.2) is 42.0 Å². The van der Waals surface area contributed by atoms with Crippen LogP contribution in [0.2, 0.25) is 0 Å². The predicted octanol–water partition coefficient (Wildman–Crippen LogP) is 1.25. The molecule has 76 valence electrons. The predicted molar refractivity (Wildman–Crippen MR) is 51.9 cm³/mol. The van der Waals surface area contributed by atoms with E-state index in [-0.39, 0.29) is 18.1 Å². The van der Waals surface area contributed by atoms with Crippen molar-refractivity contribution < 1.29 is 9.53 Å². The van der Waals surface area contributed by atoms with Crippen molar-refractivity contribution in [3.05, 3.63) is 0 Å². The maximum atomic E-state index is 11.5. The minimum atomic E-state index is 0.136. The number of carbonyl (C=O) groups is 1. The van der Waals surface area contributed by atoms with E-state index < -0.39 is 0 Å². The Labute approximate surface area is 84.0 Å². The second-order valence-electron chi connectivity index (χ2n) is 3.50.